The van der Waals surface area contributed by atoms with Gasteiger partial charge in [-0.3, -0.25) is 4.79 Å². The van der Waals surface area contributed by atoms with Gasteiger partial charge in [0.05, 0.1) is 0 Å². The fraction of sp³-hybridized carbons (Fsp3) is 0.474. The summed E-state index contributed by atoms with van der Waals surface area (Å²) >= 11 is 2.23. The molecule has 0 saturated carbocycles. The molecule has 0 heterocycles. The molecule has 0 saturated heterocycles. The van der Waals surface area contributed by atoms with E-state index >= 15 is 0 Å². The lowest BCUT2D eigenvalue weighted by molar-refractivity contribution is -0.140. The number of benzene rings is 1. The molecular weight excluding hydrogens is 509 g/mol. The monoisotopic (exact) mass is 535 g/mol. The van der Waals surface area contributed by atoms with E-state index in [1.165, 1.54) is 0 Å². The largest absolute Gasteiger partial charge is 0.481 e. The van der Waals surface area contributed by atoms with Crippen LogP contribution in [0.2, 0.25) is 0 Å². The molecule has 0 spiro atoms. The molecule has 2 atom stereocenters. The Hall–Kier alpha value is -2.41. The molecule has 1 aromatic rings. The van der Waals surface area contributed by atoms with Crippen LogP contribution in [0.5, 0.6) is 0 Å². The van der Waals surface area contributed by atoms with Gasteiger partial charge >= 0.3 is 23.9 Å². The molecule has 0 aromatic heterocycles. The minimum absolute atomic E-state index is 0.181. The Kier molecular flexibility index (Phi) is 11.7. The van der Waals surface area contributed by atoms with E-state index in [0.717, 1.165) is 9.13 Å². The second-order valence-electron chi connectivity index (χ2n) is 6.63. The highest BCUT2D eigenvalue weighted by Crippen LogP contribution is 2.07. The third-order valence-electron chi connectivity index (χ3n) is 4.19. The zero-order valence-corrected chi connectivity index (χ0v) is 18.4. The Morgan fingerprint density at radius 3 is 1.97 bits per heavy atom. The minimum Gasteiger partial charge on any atom is -0.481 e. The van der Waals surface area contributed by atoms with E-state index in [1.807, 2.05) is 24.3 Å². The average Bonchev–Trinajstić information content (AvgIpc) is 2.67. The van der Waals surface area contributed by atoms with Crippen molar-refractivity contribution in [1.29, 1.82) is 0 Å². The van der Waals surface area contributed by atoms with Crippen LogP contribution in [-0.2, 0) is 20.9 Å². The minimum atomic E-state index is -1.42. The molecule has 30 heavy (non-hydrogen) atoms. The standard InChI is InChI=1S/C19H26IN3O7/c20-13-6-4-12(5-7-13)11-21-10-2-1-3-14(17(26)27)22-19(30)23-15(18(28)29)8-9-16(24)25/h4-7,14-15,21H,1-3,8-11H2,(H,24,25)(H,26,27)(H,28,29)(H2,22,23,30)/t14-,15-/m0/s1. The number of urea groups is 1. The summed E-state index contributed by atoms with van der Waals surface area (Å²) in [6, 6.07) is 4.54. The van der Waals surface area contributed by atoms with E-state index in [-0.39, 0.29) is 12.8 Å². The smallest absolute Gasteiger partial charge is 0.326 e. The van der Waals surface area contributed by atoms with Crippen LogP contribution in [0.15, 0.2) is 24.3 Å². The number of unbranched alkanes of at least 4 members (excludes halogenated alkanes) is 1. The lowest BCUT2D eigenvalue weighted by atomic mass is 10.1. The van der Waals surface area contributed by atoms with Gasteiger partial charge in [-0.1, -0.05) is 12.1 Å². The molecule has 0 fully saturated rings. The third-order valence-corrected chi connectivity index (χ3v) is 4.91. The zero-order chi connectivity index (χ0) is 22.5. The number of carboxylic acids is 3. The van der Waals surface area contributed by atoms with Crippen LogP contribution in [0.25, 0.3) is 0 Å². The van der Waals surface area contributed by atoms with Crippen LogP contribution in [0.4, 0.5) is 4.79 Å². The molecule has 1 rings (SSSR count). The number of carboxylic acid groups (broad SMARTS) is 3. The number of hydrogen-bond donors (Lipinski definition) is 6. The van der Waals surface area contributed by atoms with Gasteiger partial charge in [-0.15, -0.1) is 0 Å². The highest BCUT2D eigenvalue weighted by molar-refractivity contribution is 14.1. The van der Waals surface area contributed by atoms with Gasteiger partial charge in [0.25, 0.3) is 0 Å². The van der Waals surface area contributed by atoms with Crippen molar-refractivity contribution in [2.75, 3.05) is 6.54 Å². The molecule has 11 heteroatoms. The first-order valence-electron chi connectivity index (χ1n) is 9.38. The van der Waals surface area contributed by atoms with Gasteiger partial charge in [0, 0.05) is 16.5 Å². The zero-order valence-electron chi connectivity index (χ0n) is 16.3. The van der Waals surface area contributed by atoms with Crippen molar-refractivity contribution < 1.29 is 34.5 Å². The molecule has 1 aromatic carbocycles. The molecule has 0 aliphatic carbocycles. The average molecular weight is 535 g/mol. The quantitative estimate of drug-likeness (QED) is 0.155. The lowest BCUT2D eigenvalue weighted by Crippen LogP contribution is -2.51. The van der Waals surface area contributed by atoms with Gasteiger partial charge in [0.2, 0.25) is 0 Å². The van der Waals surface area contributed by atoms with E-state index in [2.05, 4.69) is 38.5 Å². The maximum absolute atomic E-state index is 11.9. The first-order valence-corrected chi connectivity index (χ1v) is 10.5. The van der Waals surface area contributed by atoms with Crippen LogP contribution in [-0.4, -0.2) is 57.9 Å². The van der Waals surface area contributed by atoms with Crippen LogP contribution >= 0.6 is 22.6 Å². The summed E-state index contributed by atoms with van der Waals surface area (Å²) in [6.07, 6.45) is 0.684. The van der Waals surface area contributed by atoms with E-state index in [4.69, 9.17) is 10.2 Å². The van der Waals surface area contributed by atoms with E-state index in [0.29, 0.717) is 25.9 Å². The summed E-state index contributed by atoms with van der Waals surface area (Å²) in [7, 11) is 0. The SMILES string of the molecule is O=C(O)CC[C@H](NC(=O)N[C@@H](CCCCNCc1ccc(I)cc1)C(=O)O)C(=O)O. The van der Waals surface area contributed by atoms with Crippen molar-refractivity contribution in [1.82, 2.24) is 16.0 Å². The maximum atomic E-state index is 11.9. The fourth-order valence-corrected chi connectivity index (χ4v) is 2.93. The predicted molar refractivity (Wildman–Crippen MR) is 116 cm³/mol. The Morgan fingerprint density at radius 2 is 1.43 bits per heavy atom. The summed E-state index contributed by atoms with van der Waals surface area (Å²) in [4.78, 5) is 44.9. The van der Waals surface area contributed by atoms with Gasteiger partial charge in [-0.05, 0) is 72.5 Å². The highest BCUT2D eigenvalue weighted by atomic mass is 127. The normalized spacial score (nSPS) is 12.6. The van der Waals surface area contributed by atoms with E-state index < -0.39 is 42.4 Å². The fourth-order valence-electron chi connectivity index (χ4n) is 2.57. The second kappa shape index (κ2) is 13.7. The summed E-state index contributed by atoms with van der Waals surface area (Å²) in [5, 5.41) is 34.5. The Balaban J connectivity index is 2.34. The van der Waals surface area contributed by atoms with Crippen LogP contribution in [0.1, 0.15) is 37.7 Å². The molecule has 10 nitrogen and oxygen atoms in total. The van der Waals surface area contributed by atoms with Crippen molar-refractivity contribution in [3.63, 3.8) is 0 Å². The van der Waals surface area contributed by atoms with Crippen molar-refractivity contribution in [3.8, 4) is 0 Å². The number of rotatable bonds is 14. The van der Waals surface area contributed by atoms with Crippen LogP contribution in [0, 0.1) is 3.57 Å². The van der Waals surface area contributed by atoms with Gasteiger partial charge in [0.1, 0.15) is 12.1 Å². The van der Waals surface area contributed by atoms with Gasteiger partial charge in [-0.2, -0.15) is 0 Å². The summed E-state index contributed by atoms with van der Waals surface area (Å²) < 4.78 is 1.16. The number of amides is 2. The van der Waals surface area contributed by atoms with E-state index in [9.17, 15) is 24.3 Å². The molecule has 6 N–H and O–H groups in total. The summed E-state index contributed by atoms with van der Waals surface area (Å²) in [5.41, 5.74) is 1.15. The van der Waals surface area contributed by atoms with Crippen molar-refractivity contribution in [2.45, 2.75) is 50.7 Å². The Morgan fingerprint density at radius 1 is 0.867 bits per heavy atom. The number of carbonyl (C=O) groups is 4. The van der Waals surface area contributed by atoms with Gasteiger partial charge in [-0.25, -0.2) is 14.4 Å². The van der Waals surface area contributed by atoms with E-state index in [1.54, 1.807) is 0 Å². The van der Waals surface area contributed by atoms with Crippen LogP contribution < -0.4 is 16.0 Å². The highest BCUT2D eigenvalue weighted by Gasteiger charge is 2.24. The van der Waals surface area contributed by atoms with Crippen molar-refractivity contribution >= 4 is 46.5 Å². The summed E-state index contributed by atoms with van der Waals surface area (Å²) in [6.45, 7) is 1.38. The number of aliphatic carboxylic acids is 3. The van der Waals surface area contributed by atoms with Gasteiger partial charge in [0.15, 0.2) is 0 Å². The van der Waals surface area contributed by atoms with Gasteiger partial charge < -0.3 is 31.3 Å². The number of carbonyl (C=O) groups excluding carboxylic acids is 1. The number of hydrogen-bond acceptors (Lipinski definition) is 5. The summed E-state index contributed by atoms with van der Waals surface area (Å²) in [5.74, 6) is -3.81. The Labute approximate surface area is 187 Å². The Bertz CT molecular complexity index is 727. The van der Waals surface area contributed by atoms with Crippen LogP contribution in [0.3, 0.4) is 0 Å². The predicted octanol–water partition coefficient (Wildman–Crippen LogP) is 1.62. The molecule has 0 bridgehead atoms. The molecule has 0 aliphatic rings. The second-order valence-corrected chi connectivity index (χ2v) is 7.88. The molecule has 0 unspecified atom stereocenters. The number of halogens is 1. The first-order chi connectivity index (χ1) is 14.2. The molecule has 0 aliphatic heterocycles. The molecule has 166 valence electrons. The first kappa shape index (κ1) is 25.6. The maximum Gasteiger partial charge on any atom is 0.326 e. The lowest BCUT2D eigenvalue weighted by Gasteiger charge is -2.18. The third kappa shape index (κ3) is 11.0. The number of nitrogens with one attached hydrogen (secondary N) is 3. The molecular formula is C19H26IN3O7. The molecule has 0 radical (unpaired) electrons. The van der Waals surface area contributed by atoms with Crippen molar-refractivity contribution in [2.24, 2.45) is 0 Å². The van der Waals surface area contributed by atoms with Crippen molar-refractivity contribution in [3.05, 3.63) is 33.4 Å². The molecule has 2 amide bonds. The topological polar surface area (TPSA) is 165 Å².